The van der Waals surface area contributed by atoms with Crippen LogP contribution in [0.3, 0.4) is 0 Å². The lowest BCUT2D eigenvalue weighted by Crippen LogP contribution is -2.32. The van der Waals surface area contributed by atoms with Crippen molar-refractivity contribution in [3.05, 3.63) is 63.6 Å². The van der Waals surface area contributed by atoms with Crippen LogP contribution in [0.1, 0.15) is 35.8 Å². The van der Waals surface area contributed by atoms with E-state index in [1.807, 2.05) is 43.3 Å². The van der Waals surface area contributed by atoms with Gasteiger partial charge in [-0.3, -0.25) is 9.59 Å². The summed E-state index contributed by atoms with van der Waals surface area (Å²) in [6.07, 6.45) is 0.913. The molecular formula is C20H19Cl2NO2. The highest BCUT2D eigenvalue weighted by Crippen LogP contribution is 2.39. The molecule has 3 rings (SSSR count). The molecule has 0 heterocycles. The molecule has 2 aromatic rings. The third-order valence-corrected chi connectivity index (χ3v) is 5.28. The first-order valence-corrected chi connectivity index (χ1v) is 8.92. The number of carbonyl (C=O) groups is 2. The molecule has 5 heteroatoms. The molecule has 2 aromatic carbocycles. The number of carbonyl (C=O) groups excluding carboxylic acids is 2. The van der Waals surface area contributed by atoms with Crippen LogP contribution in [-0.4, -0.2) is 25.7 Å². The number of hydrogen-bond donors (Lipinski definition) is 0. The van der Waals surface area contributed by atoms with Crippen LogP contribution in [0.2, 0.25) is 10.0 Å². The van der Waals surface area contributed by atoms with E-state index in [0.717, 1.165) is 11.3 Å². The van der Waals surface area contributed by atoms with Crippen molar-refractivity contribution < 1.29 is 9.59 Å². The summed E-state index contributed by atoms with van der Waals surface area (Å²) in [5.74, 6) is -1.25. The van der Waals surface area contributed by atoms with Crippen molar-refractivity contribution in [2.45, 2.75) is 24.7 Å². The largest absolute Gasteiger partial charge is 0.378 e. The third-order valence-electron chi connectivity index (χ3n) is 4.71. The molecule has 130 valence electrons. The first-order chi connectivity index (χ1) is 11.9. The Morgan fingerprint density at radius 1 is 1.00 bits per heavy atom. The van der Waals surface area contributed by atoms with Gasteiger partial charge in [-0.1, -0.05) is 41.4 Å². The highest BCUT2D eigenvalue weighted by molar-refractivity contribution is 6.35. The molecule has 3 nitrogen and oxygen atoms in total. The van der Waals surface area contributed by atoms with Crippen LogP contribution >= 0.6 is 23.2 Å². The van der Waals surface area contributed by atoms with E-state index >= 15 is 0 Å². The van der Waals surface area contributed by atoms with Crippen LogP contribution in [0.4, 0.5) is 5.69 Å². The second kappa shape index (κ2) is 7.19. The molecule has 0 N–H and O–H groups in total. The Balaban J connectivity index is 1.93. The molecule has 1 saturated carbocycles. The average molecular weight is 376 g/mol. The number of nitrogens with zero attached hydrogens (tertiary/aromatic N) is 1. The number of rotatable bonds is 3. The molecule has 1 aliphatic rings. The summed E-state index contributed by atoms with van der Waals surface area (Å²) in [5, 5.41) is 0.850. The van der Waals surface area contributed by atoms with Crippen LogP contribution in [0, 0.1) is 0 Å². The second-order valence-corrected chi connectivity index (χ2v) is 7.39. The van der Waals surface area contributed by atoms with Crippen molar-refractivity contribution in [2.75, 3.05) is 19.0 Å². The molecule has 0 aromatic heterocycles. The van der Waals surface area contributed by atoms with E-state index < -0.39 is 5.92 Å². The fourth-order valence-electron chi connectivity index (χ4n) is 3.33. The maximum Gasteiger partial charge on any atom is 0.155 e. The highest BCUT2D eigenvalue weighted by atomic mass is 35.5. The monoisotopic (exact) mass is 375 g/mol. The number of Topliss-reactive ketones (excluding diaryl/α,β-unsaturated/α-hetero) is 2. The smallest absolute Gasteiger partial charge is 0.155 e. The Labute approximate surface area is 157 Å². The molecule has 0 bridgehead atoms. The summed E-state index contributed by atoms with van der Waals surface area (Å²) in [7, 11) is 3.94. The van der Waals surface area contributed by atoms with Gasteiger partial charge in [0.15, 0.2) is 5.78 Å². The van der Waals surface area contributed by atoms with Crippen molar-refractivity contribution in [2.24, 2.45) is 0 Å². The number of benzene rings is 2. The van der Waals surface area contributed by atoms with Crippen LogP contribution < -0.4 is 4.90 Å². The molecule has 0 radical (unpaired) electrons. The zero-order chi connectivity index (χ0) is 18.1. The van der Waals surface area contributed by atoms with E-state index in [1.54, 1.807) is 18.2 Å². The van der Waals surface area contributed by atoms with Crippen molar-refractivity contribution >= 4 is 40.5 Å². The molecule has 0 saturated heterocycles. The second-order valence-electron chi connectivity index (χ2n) is 6.54. The highest BCUT2D eigenvalue weighted by Gasteiger charge is 2.39. The maximum absolute atomic E-state index is 13.1. The molecule has 1 fully saturated rings. The van der Waals surface area contributed by atoms with Gasteiger partial charge >= 0.3 is 0 Å². The Morgan fingerprint density at radius 3 is 2.28 bits per heavy atom. The van der Waals surface area contributed by atoms with Gasteiger partial charge < -0.3 is 4.90 Å². The van der Waals surface area contributed by atoms with Gasteiger partial charge in [-0.05, 0) is 41.8 Å². The minimum absolute atomic E-state index is 0.0737. The predicted octanol–water partition coefficient (Wildman–Crippen LogP) is 4.86. The van der Waals surface area contributed by atoms with Gasteiger partial charge in [0.25, 0.3) is 0 Å². The zero-order valence-corrected chi connectivity index (χ0v) is 15.6. The van der Waals surface area contributed by atoms with Crippen LogP contribution in [-0.2, 0) is 9.59 Å². The molecule has 1 aliphatic carbocycles. The topological polar surface area (TPSA) is 37.4 Å². The van der Waals surface area contributed by atoms with Crippen molar-refractivity contribution in [1.29, 1.82) is 0 Å². The van der Waals surface area contributed by atoms with Gasteiger partial charge in [0.05, 0.1) is 0 Å². The van der Waals surface area contributed by atoms with Crippen LogP contribution in [0.5, 0.6) is 0 Å². The van der Waals surface area contributed by atoms with E-state index in [0.29, 0.717) is 28.5 Å². The van der Waals surface area contributed by atoms with Crippen LogP contribution in [0.25, 0.3) is 0 Å². The summed E-state index contributed by atoms with van der Waals surface area (Å²) in [6, 6.07) is 12.8. The molecular weight excluding hydrogens is 357 g/mol. The SMILES string of the molecule is CN(C)c1ccc(C2CCC(=O)C(c3ccc(Cl)cc3Cl)C2=O)cc1. The number of anilines is 1. The lowest BCUT2D eigenvalue weighted by atomic mass is 9.73. The molecule has 0 spiro atoms. The molecule has 2 atom stereocenters. The molecule has 0 amide bonds. The number of ketones is 2. The van der Waals surface area contributed by atoms with Gasteiger partial charge in [0.2, 0.25) is 0 Å². The first kappa shape index (κ1) is 18.0. The van der Waals surface area contributed by atoms with Gasteiger partial charge in [0, 0.05) is 42.2 Å². The van der Waals surface area contributed by atoms with E-state index in [2.05, 4.69) is 0 Å². The quantitative estimate of drug-likeness (QED) is 0.718. The lowest BCUT2D eigenvalue weighted by Gasteiger charge is -2.28. The van der Waals surface area contributed by atoms with E-state index in [-0.39, 0.29) is 17.5 Å². The normalized spacial score (nSPS) is 20.6. The van der Waals surface area contributed by atoms with Crippen LogP contribution in [0.15, 0.2) is 42.5 Å². The van der Waals surface area contributed by atoms with Gasteiger partial charge in [-0.15, -0.1) is 0 Å². The Bertz CT molecular complexity index is 815. The van der Waals surface area contributed by atoms with Crippen molar-refractivity contribution in [1.82, 2.24) is 0 Å². The fourth-order valence-corrected chi connectivity index (χ4v) is 3.85. The lowest BCUT2D eigenvalue weighted by molar-refractivity contribution is -0.133. The van der Waals surface area contributed by atoms with Gasteiger partial charge in [-0.2, -0.15) is 0 Å². The number of halogens is 2. The first-order valence-electron chi connectivity index (χ1n) is 8.17. The average Bonchev–Trinajstić information content (AvgIpc) is 2.57. The Kier molecular flexibility index (Phi) is 5.16. The minimum atomic E-state index is -0.808. The number of hydrogen-bond acceptors (Lipinski definition) is 3. The third kappa shape index (κ3) is 3.58. The van der Waals surface area contributed by atoms with Crippen molar-refractivity contribution in [3.63, 3.8) is 0 Å². The standard InChI is InChI=1S/C20H19Cl2NO2/c1-23(2)14-6-3-12(4-7-14)15-9-10-18(24)19(20(15)25)16-8-5-13(21)11-17(16)22/h3-8,11,15,19H,9-10H2,1-2H3. The van der Waals surface area contributed by atoms with E-state index in [1.165, 1.54) is 0 Å². The zero-order valence-electron chi connectivity index (χ0n) is 14.1. The predicted molar refractivity (Wildman–Crippen MR) is 102 cm³/mol. The van der Waals surface area contributed by atoms with Gasteiger partial charge in [0.1, 0.15) is 11.7 Å². The van der Waals surface area contributed by atoms with Crippen molar-refractivity contribution in [3.8, 4) is 0 Å². The van der Waals surface area contributed by atoms with E-state index in [9.17, 15) is 9.59 Å². The minimum Gasteiger partial charge on any atom is -0.378 e. The summed E-state index contributed by atoms with van der Waals surface area (Å²) in [6.45, 7) is 0. The Hall–Kier alpha value is -1.84. The Morgan fingerprint density at radius 2 is 1.68 bits per heavy atom. The fraction of sp³-hybridized carbons (Fsp3) is 0.300. The molecule has 25 heavy (non-hydrogen) atoms. The van der Waals surface area contributed by atoms with Gasteiger partial charge in [-0.25, -0.2) is 0 Å². The van der Waals surface area contributed by atoms with E-state index in [4.69, 9.17) is 23.2 Å². The summed E-state index contributed by atoms with van der Waals surface area (Å²) >= 11 is 12.2. The molecule has 0 aliphatic heterocycles. The molecule has 2 unspecified atom stereocenters. The summed E-state index contributed by atoms with van der Waals surface area (Å²) in [4.78, 5) is 27.5. The summed E-state index contributed by atoms with van der Waals surface area (Å²) < 4.78 is 0. The maximum atomic E-state index is 13.1. The summed E-state index contributed by atoms with van der Waals surface area (Å²) in [5.41, 5.74) is 2.56.